The van der Waals surface area contributed by atoms with Gasteiger partial charge in [-0.1, -0.05) is 0 Å². The molecule has 0 spiro atoms. The number of rotatable bonds is 3. The predicted octanol–water partition coefficient (Wildman–Crippen LogP) is 2.76. The summed E-state index contributed by atoms with van der Waals surface area (Å²) in [6, 6.07) is 3.93. The number of hydrogen-bond donors (Lipinski definition) is 1. The van der Waals surface area contributed by atoms with Gasteiger partial charge in [-0.2, -0.15) is 5.10 Å². The van der Waals surface area contributed by atoms with Gasteiger partial charge in [0.2, 0.25) is 0 Å². The number of aromatic amines is 1. The second kappa shape index (κ2) is 5.39. The molecule has 1 saturated carbocycles. The van der Waals surface area contributed by atoms with Gasteiger partial charge in [0.15, 0.2) is 5.65 Å². The molecule has 26 heavy (non-hydrogen) atoms. The third kappa shape index (κ3) is 2.28. The Morgan fingerprint density at radius 3 is 2.77 bits per heavy atom. The topological polar surface area (TPSA) is 80.9 Å². The fourth-order valence-electron chi connectivity index (χ4n) is 3.39. The number of pyridine rings is 1. The van der Waals surface area contributed by atoms with Gasteiger partial charge in [-0.3, -0.25) is 14.9 Å². The average molecular weight is 346 g/mol. The quantitative estimate of drug-likeness (QED) is 0.618. The number of hydrogen-bond acceptors (Lipinski definition) is 4. The van der Waals surface area contributed by atoms with Crippen molar-refractivity contribution in [3.63, 3.8) is 0 Å². The smallest absolute Gasteiger partial charge is 0.276 e. The van der Waals surface area contributed by atoms with Crippen LogP contribution in [0.1, 0.15) is 35.7 Å². The maximum Gasteiger partial charge on any atom is 0.276 e. The van der Waals surface area contributed by atoms with E-state index in [4.69, 9.17) is 4.98 Å². The molecule has 4 aromatic rings. The van der Waals surface area contributed by atoms with Crippen LogP contribution in [0.25, 0.3) is 22.5 Å². The lowest BCUT2D eigenvalue weighted by Crippen LogP contribution is -2.21. The van der Waals surface area contributed by atoms with Crippen LogP contribution in [0.4, 0.5) is 0 Å². The molecular formula is C19H18N6O. The fraction of sp³-hybridized carbons (Fsp3) is 0.263. The van der Waals surface area contributed by atoms with Gasteiger partial charge in [-0.15, -0.1) is 0 Å². The van der Waals surface area contributed by atoms with Gasteiger partial charge in [0.25, 0.3) is 5.56 Å². The molecule has 7 nitrogen and oxygen atoms in total. The molecule has 0 atom stereocenters. The van der Waals surface area contributed by atoms with Gasteiger partial charge in [-0.25, -0.2) is 14.2 Å². The van der Waals surface area contributed by atoms with Gasteiger partial charge in [0.05, 0.1) is 18.1 Å². The standard InChI is InChI=1S/C19H18N6O/c1-11-3-6-15(8-20-11)24-10-14(7-21-24)16-9-22-25-18(16)23-12(2)17(19(25)26)13-4-5-13/h3,6-10,13,22H,4-5H2,1-2H3. The highest BCUT2D eigenvalue weighted by Crippen LogP contribution is 2.39. The van der Waals surface area contributed by atoms with Gasteiger partial charge < -0.3 is 0 Å². The van der Waals surface area contributed by atoms with Crippen molar-refractivity contribution in [3.05, 3.63) is 64.2 Å². The first kappa shape index (κ1) is 15.1. The Morgan fingerprint density at radius 1 is 1.19 bits per heavy atom. The van der Waals surface area contributed by atoms with E-state index in [1.54, 1.807) is 21.6 Å². The maximum atomic E-state index is 12.8. The number of fused-ring (bicyclic) bond motifs is 1. The molecule has 5 rings (SSSR count). The highest BCUT2D eigenvalue weighted by atomic mass is 16.1. The highest BCUT2D eigenvalue weighted by Gasteiger charge is 2.30. The van der Waals surface area contributed by atoms with Crippen LogP contribution in [-0.4, -0.2) is 29.4 Å². The van der Waals surface area contributed by atoms with E-state index in [0.29, 0.717) is 11.6 Å². The molecule has 1 aliphatic rings. The third-order valence-electron chi connectivity index (χ3n) is 4.93. The Labute approximate surface area is 149 Å². The van der Waals surface area contributed by atoms with Gasteiger partial charge >= 0.3 is 0 Å². The molecule has 0 saturated heterocycles. The van der Waals surface area contributed by atoms with E-state index in [2.05, 4.69) is 15.2 Å². The Morgan fingerprint density at radius 2 is 2.04 bits per heavy atom. The average Bonchev–Trinajstić information content (AvgIpc) is 3.17. The molecule has 130 valence electrons. The van der Waals surface area contributed by atoms with Crippen molar-refractivity contribution >= 4 is 5.65 Å². The zero-order chi connectivity index (χ0) is 17.8. The minimum Gasteiger partial charge on any atom is -0.296 e. The van der Waals surface area contributed by atoms with Gasteiger partial charge in [0, 0.05) is 40.5 Å². The first-order chi connectivity index (χ1) is 12.6. The molecule has 4 aromatic heterocycles. The van der Waals surface area contributed by atoms with Crippen molar-refractivity contribution in [1.29, 1.82) is 0 Å². The normalized spacial score (nSPS) is 14.2. The van der Waals surface area contributed by atoms with E-state index in [0.717, 1.165) is 46.6 Å². The zero-order valence-electron chi connectivity index (χ0n) is 14.6. The number of aromatic nitrogens is 6. The van der Waals surface area contributed by atoms with Crippen LogP contribution < -0.4 is 5.56 Å². The molecule has 1 N–H and O–H groups in total. The van der Waals surface area contributed by atoms with E-state index in [1.165, 1.54) is 0 Å². The van der Waals surface area contributed by atoms with Crippen molar-refractivity contribution in [1.82, 2.24) is 29.4 Å². The first-order valence-corrected chi connectivity index (χ1v) is 8.70. The molecule has 4 heterocycles. The summed E-state index contributed by atoms with van der Waals surface area (Å²) in [6.07, 6.45) is 9.46. The second-order valence-corrected chi connectivity index (χ2v) is 6.87. The Hall–Kier alpha value is -3.22. The number of nitrogens with zero attached hydrogens (tertiary/aromatic N) is 5. The Kier molecular flexibility index (Phi) is 3.12. The molecule has 0 amide bonds. The molecule has 0 aromatic carbocycles. The molecule has 1 fully saturated rings. The number of aryl methyl sites for hydroxylation is 2. The molecule has 0 radical (unpaired) electrons. The Balaban J connectivity index is 1.62. The molecule has 0 bridgehead atoms. The number of nitrogens with one attached hydrogen (secondary N) is 1. The lowest BCUT2D eigenvalue weighted by Gasteiger charge is -2.04. The van der Waals surface area contributed by atoms with Crippen molar-refractivity contribution < 1.29 is 0 Å². The van der Waals surface area contributed by atoms with Gasteiger partial charge in [-0.05, 0) is 44.7 Å². The van der Waals surface area contributed by atoms with Crippen molar-refractivity contribution in [3.8, 4) is 16.8 Å². The van der Waals surface area contributed by atoms with Crippen LogP contribution in [0, 0.1) is 13.8 Å². The predicted molar refractivity (Wildman–Crippen MR) is 97.6 cm³/mol. The summed E-state index contributed by atoms with van der Waals surface area (Å²) in [7, 11) is 0. The second-order valence-electron chi connectivity index (χ2n) is 6.87. The first-order valence-electron chi connectivity index (χ1n) is 8.70. The SMILES string of the molecule is Cc1ccc(-n2cc(-c3c[nH]n4c(=O)c(C5CC5)c(C)nc34)cn2)cn1. The van der Waals surface area contributed by atoms with Crippen LogP contribution in [0.3, 0.4) is 0 Å². The van der Waals surface area contributed by atoms with E-state index >= 15 is 0 Å². The molecule has 7 heteroatoms. The summed E-state index contributed by atoms with van der Waals surface area (Å²) in [5.41, 5.74) is 5.93. The third-order valence-corrected chi connectivity index (χ3v) is 4.93. The number of H-pyrrole nitrogens is 1. The Bertz CT molecular complexity index is 1180. The lowest BCUT2D eigenvalue weighted by atomic mass is 10.1. The summed E-state index contributed by atoms with van der Waals surface area (Å²) < 4.78 is 3.32. The minimum absolute atomic E-state index is 0.0105. The highest BCUT2D eigenvalue weighted by molar-refractivity contribution is 5.76. The summed E-state index contributed by atoms with van der Waals surface area (Å²) >= 11 is 0. The van der Waals surface area contributed by atoms with E-state index in [9.17, 15) is 4.79 Å². The lowest BCUT2D eigenvalue weighted by molar-refractivity contribution is 0.849. The van der Waals surface area contributed by atoms with Crippen LogP contribution in [-0.2, 0) is 0 Å². The molecule has 0 aliphatic heterocycles. The summed E-state index contributed by atoms with van der Waals surface area (Å²) in [5.74, 6) is 0.371. The zero-order valence-corrected chi connectivity index (χ0v) is 14.6. The summed E-state index contributed by atoms with van der Waals surface area (Å²) in [4.78, 5) is 21.8. The van der Waals surface area contributed by atoms with Crippen molar-refractivity contribution in [2.24, 2.45) is 0 Å². The van der Waals surface area contributed by atoms with Crippen LogP contribution in [0.15, 0.2) is 41.7 Å². The minimum atomic E-state index is 0.0105. The monoisotopic (exact) mass is 346 g/mol. The van der Waals surface area contributed by atoms with E-state index < -0.39 is 0 Å². The van der Waals surface area contributed by atoms with Crippen LogP contribution >= 0.6 is 0 Å². The van der Waals surface area contributed by atoms with E-state index in [-0.39, 0.29) is 5.56 Å². The van der Waals surface area contributed by atoms with Crippen LogP contribution in [0.5, 0.6) is 0 Å². The largest absolute Gasteiger partial charge is 0.296 e. The fourth-order valence-corrected chi connectivity index (χ4v) is 3.39. The van der Waals surface area contributed by atoms with Crippen molar-refractivity contribution in [2.75, 3.05) is 0 Å². The van der Waals surface area contributed by atoms with E-state index in [1.807, 2.05) is 38.4 Å². The molecule has 1 aliphatic carbocycles. The summed E-state index contributed by atoms with van der Waals surface area (Å²) in [5, 5.41) is 7.48. The van der Waals surface area contributed by atoms with Crippen LogP contribution in [0.2, 0.25) is 0 Å². The van der Waals surface area contributed by atoms with Gasteiger partial charge in [0.1, 0.15) is 0 Å². The summed E-state index contributed by atoms with van der Waals surface area (Å²) in [6.45, 7) is 3.87. The maximum absolute atomic E-state index is 12.8. The molecule has 0 unspecified atom stereocenters. The van der Waals surface area contributed by atoms with Crippen molar-refractivity contribution in [2.45, 2.75) is 32.6 Å². The molecular weight excluding hydrogens is 328 g/mol.